The highest BCUT2D eigenvalue weighted by atomic mass is 16.3. The van der Waals surface area contributed by atoms with E-state index in [0.717, 1.165) is 18.3 Å². The van der Waals surface area contributed by atoms with E-state index in [0.29, 0.717) is 6.61 Å². The summed E-state index contributed by atoms with van der Waals surface area (Å²) in [6.45, 7) is 2.63. The molecule has 1 saturated carbocycles. The molecule has 0 amide bonds. The monoisotopic (exact) mass is 156 g/mol. The molecule has 0 aliphatic heterocycles. The summed E-state index contributed by atoms with van der Waals surface area (Å²) < 4.78 is 0. The zero-order valence-electron chi connectivity index (χ0n) is 7.55. The second-order valence-corrected chi connectivity index (χ2v) is 4.00. The molecule has 0 spiro atoms. The third-order valence-electron chi connectivity index (χ3n) is 2.83. The van der Waals surface area contributed by atoms with Crippen LogP contribution < -0.4 is 0 Å². The van der Waals surface area contributed by atoms with Crippen LogP contribution in [0.4, 0.5) is 0 Å². The van der Waals surface area contributed by atoms with Crippen LogP contribution in [-0.4, -0.2) is 11.7 Å². The third-order valence-corrected chi connectivity index (χ3v) is 2.83. The fourth-order valence-corrected chi connectivity index (χ4v) is 2.15. The van der Waals surface area contributed by atoms with E-state index in [9.17, 15) is 0 Å². The highest BCUT2D eigenvalue weighted by Gasteiger charge is 2.17. The highest BCUT2D eigenvalue weighted by Crippen LogP contribution is 2.30. The molecule has 1 aliphatic carbocycles. The Labute approximate surface area is 69.8 Å². The maximum atomic E-state index is 8.71. The van der Waals surface area contributed by atoms with E-state index >= 15 is 0 Å². The van der Waals surface area contributed by atoms with Gasteiger partial charge < -0.3 is 5.11 Å². The average Bonchev–Trinajstić information content (AvgIpc) is 2.40. The molecule has 0 saturated heterocycles. The predicted octanol–water partition coefficient (Wildman–Crippen LogP) is 2.59. The molecule has 0 aromatic heterocycles. The van der Waals surface area contributed by atoms with E-state index in [-0.39, 0.29) is 0 Å². The van der Waals surface area contributed by atoms with Crippen LogP contribution in [0.25, 0.3) is 0 Å². The largest absolute Gasteiger partial charge is 0.396 e. The van der Waals surface area contributed by atoms with E-state index < -0.39 is 0 Å². The van der Waals surface area contributed by atoms with Crippen LogP contribution in [-0.2, 0) is 0 Å². The van der Waals surface area contributed by atoms with Crippen molar-refractivity contribution < 1.29 is 5.11 Å². The van der Waals surface area contributed by atoms with Gasteiger partial charge in [0.15, 0.2) is 0 Å². The van der Waals surface area contributed by atoms with Crippen molar-refractivity contribution in [2.75, 3.05) is 6.61 Å². The number of hydrogen-bond acceptors (Lipinski definition) is 1. The van der Waals surface area contributed by atoms with Gasteiger partial charge in [-0.25, -0.2) is 0 Å². The zero-order chi connectivity index (χ0) is 8.10. The first kappa shape index (κ1) is 9.05. The fraction of sp³-hybridized carbons (Fsp3) is 1.00. The molecule has 1 heteroatoms. The minimum absolute atomic E-state index is 0.369. The molecule has 0 aromatic rings. The Hall–Kier alpha value is -0.0400. The van der Waals surface area contributed by atoms with Crippen LogP contribution in [0.3, 0.4) is 0 Å². The van der Waals surface area contributed by atoms with Gasteiger partial charge in [0, 0.05) is 6.61 Å². The number of rotatable bonds is 4. The Morgan fingerprint density at radius 3 is 2.55 bits per heavy atom. The zero-order valence-corrected chi connectivity index (χ0v) is 7.55. The van der Waals surface area contributed by atoms with Crippen LogP contribution in [0.1, 0.15) is 45.4 Å². The Kier molecular flexibility index (Phi) is 3.92. The molecular weight excluding hydrogens is 136 g/mol. The normalized spacial score (nSPS) is 22.4. The predicted molar refractivity (Wildman–Crippen MR) is 47.4 cm³/mol. The SMILES string of the molecule is CC(CCO)CC1CCCC1. The van der Waals surface area contributed by atoms with Gasteiger partial charge in [-0.15, -0.1) is 0 Å². The molecule has 11 heavy (non-hydrogen) atoms. The van der Waals surface area contributed by atoms with E-state index in [1.807, 2.05) is 0 Å². The van der Waals surface area contributed by atoms with Gasteiger partial charge in [0.25, 0.3) is 0 Å². The van der Waals surface area contributed by atoms with Crippen molar-refractivity contribution in [3.8, 4) is 0 Å². The Morgan fingerprint density at radius 1 is 1.36 bits per heavy atom. The molecule has 1 rings (SSSR count). The number of aliphatic hydroxyl groups excluding tert-OH is 1. The Morgan fingerprint density at radius 2 is 2.00 bits per heavy atom. The van der Waals surface area contributed by atoms with Crippen molar-refractivity contribution in [1.29, 1.82) is 0 Å². The van der Waals surface area contributed by atoms with Crippen LogP contribution >= 0.6 is 0 Å². The first-order valence-electron chi connectivity index (χ1n) is 4.93. The topological polar surface area (TPSA) is 20.2 Å². The third kappa shape index (κ3) is 3.24. The summed E-state index contributed by atoms with van der Waals surface area (Å²) in [6.07, 6.45) is 8.11. The van der Waals surface area contributed by atoms with E-state index in [1.165, 1.54) is 32.1 Å². The van der Waals surface area contributed by atoms with Crippen LogP contribution in [0, 0.1) is 11.8 Å². The minimum Gasteiger partial charge on any atom is -0.396 e. The van der Waals surface area contributed by atoms with Crippen molar-refractivity contribution in [3.63, 3.8) is 0 Å². The van der Waals surface area contributed by atoms with Crippen molar-refractivity contribution in [1.82, 2.24) is 0 Å². The maximum absolute atomic E-state index is 8.71. The second-order valence-electron chi connectivity index (χ2n) is 4.00. The Balaban J connectivity index is 2.08. The molecule has 1 N–H and O–H groups in total. The molecule has 1 fully saturated rings. The van der Waals surface area contributed by atoms with Crippen molar-refractivity contribution in [2.45, 2.75) is 45.4 Å². The molecule has 1 nitrogen and oxygen atoms in total. The molecule has 1 aliphatic rings. The van der Waals surface area contributed by atoms with Gasteiger partial charge in [0.2, 0.25) is 0 Å². The highest BCUT2D eigenvalue weighted by molar-refractivity contribution is 4.69. The smallest absolute Gasteiger partial charge is 0.0433 e. The summed E-state index contributed by atoms with van der Waals surface area (Å²) in [5.74, 6) is 1.72. The van der Waals surface area contributed by atoms with E-state index in [2.05, 4.69) is 6.92 Å². The van der Waals surface area contributed by atoms with Gasteiger partial charge in [-0.1, -0.05) is 32.6 Å². The quantitative estimate of drug-likeness (QED) is 0.663. The lowest BCUT2D eigenvalue weighted by Crippen LogP contribution is -2.04. The molecule has 0 bridgehead atoms. The summed E-state index contributed by atoms with van der Waals surface area (Å²) in [4.78, 5) is 0. The fourth-order valence-electron chi connectivity index (χ4n) is 2.15. The molecule has 0 aromatic carbocycles. The maximum Gasteiger partial charge on any atom is 0.0433 e. The van der Waals surface area contributed by atoms with Crippen molar-refractivity contribution in [3.05, 3.63) is 0 Å². The van der Waals surface area contributed by atoms with Gasteiger partial charge in [-0.2, -0.15) is 0 Å². The molecule has 66 valence electrons. The lowest BCUT2D eigenvalue weighted by atomic mass is 9.93. The molecule has 1 atom stereocenters. The summed E-state index contributed by atoms with van der Waals surface area (Å²) in [5, 5.41) is 8.71. The summed E-state index contributed by atoms with van der Waals surface area (Å²) in [5.41, 5.74) is 0. The van der Waals surface area contributed by atoms with Gasteiger partial charge in [0.05, 0.1) is 0 Å². The molecule has 1 unspecified atom stereocenters. The van der Waals surface area contributed by atoms with Gasteiger partial charge in [-0.3, -0.25) is 0 Å². The molecular formula is C10H20O. The Bertz CT molecular complexity index is 95.0. The summed E-state index contributed by atoms with van der Waals surface area (Å²) >= 11 is 0. The van der Waals surface area contributed by atoms with E-state index in [4.69, 9.17) is 5.11 Å². The molecule has 0 heterocycles. The van der Waals surface area contributed by atoms with Crippen LogP contribution in [0.2, 0.25) is 0 Å². The minimum atomic E-state index is 0.369. The van der Waals surface area contributed by atoms with Crippen LogP contribution in [0.5, 0.6) is 0 Å². The molecule has 0 radical (unpaired) electrons. The average molecular weight is 156 g/mol. The van der Waals surface area contributed by atoms with Crippen LogP contribution in [0.15, 0.2) is 0 Å². The van der Waals surface area contributed by atoms with Gasteiger partial charge in [-0.05, 0) is 24.7 Å². The van der Waals surface area contributed by atoms with Crippen molar-refractivity contribution >= 4 is 0 Å². The summed E-state index contributed by atoms with van der Waals surface area (Å²) in [7, 11) is 0. The van der Waals surface area contributed by atoms with Gasteiger partial charge >= 0.3 is 0 Å². The lowest BCUT2D eigenvalue weighted by Gasteiger charge is -2.14. The first-order valence-corrected chi connectivity index (χ1v) is 4.93. The first-order chi connectivity index (χ1) is 5.33. The standard InChI is InChI=1S/C10H20O/c1-9(6-7-11)8-10-4-2-3-5-10/h9-11H,2-8H2,1H3. The van der Waals surface area contributed by atoms with E-state index in [1.54, 1.807) is 0 Å². The lowest BCUT2D eigenvalue weighted by molar-refractivity contribution is 0.246. The van der Waals surface area contributed by atoms with Gasteiger partial charge in [0.1, 0.15) is 0 Å². The van der Waals surface area contributed by atoms with Crippen molar-refractivity contribution in [2.24, 2.45) is 11.8 Å². The summed E-state index contributed by atoms with van der Waals surface area (Å²) in [6, 6.07) is 0. The second kappa shape index (κ2) is 4.76. The number of aliphatic hydroxyl groups is 1. The number of hydrogen-bond donors (Lipinski definition) is 1.